The first-order valence-corrected chi connectivity index (χ1v) is 6.74. The first-order valence-electron chi connectivity index (χ1n) is 6.36. The van der Waals surface area contributed by atoms with Gasteiger partial charge in [-0.25, -0.2) is 14.2 Å². The summed E-state index contributed by atoms with van der Waals surface area (Å²) < 4.78 is 18.4. The fourth-order valence-electron chi connectivity index (χ4n) is 1.62. The van der Waals surface area contributed by atoms with Crippen molar-refractivity contribution < 1.29 is 13.9 Å². The summed E-state index contributed by atoms with van der Waals surface area (Å²) in [4.78, 5) is 16.1. The quantitative estimate of drug-likeness (QED) is 0.687. The number of hydrogen-bond donors (Lipinski definition) is 1. The highest BCUT2D eigenvalue weighted by atomic mass is 35.5. The van der Waals surface area contributed by atoms with E-state index in [0.29, 0.717) is 5.82 Å². The van der Waals surface area contributed by atoms with Gasteiger partial charge in [0.2, 0.25) is 0 Å². The summed E-state index contributed by atoms with van der Waals surface area (Å²) in [7, 11) is 0. The molecule has 0 fully saturated rings. The van der Waals surface area contributed by atoms with Crippen molar-refractivity contribution in [3.63, 3.8) is 0 Å². The fraction of sp³-hybridized carbons (Fsp3) is 0.200. The van der Waals surface area contributed by atoms with E-state index in [4.69, 9.17) is 16.3 Å². The Hall–Kier alpha value is -2.14. The predicted molar refractivity (Wildman–Crippen MR) is 79.4 cm³/mol. The molecule has 0 aliphatic rings. The SMILES string of the molecule is CC(C)Nc1cccc(C(=O)Oc2ccc(Cl)c(F)c2)n1. The minimum atomic E-state index is -0.663. The molecule has 0 saturated carbocycles. The number of carbonyl (C=O) groups excluding carboxylic acids is 1. The molecule has 1 heterocycles. The topological polar surface area (TPSA) is 51.2 Å². The summed E-state index contributed by atoms with van der Waals surface area (Å²) in [5, 5.41) is 3.05. The molecule has 0 saturated heterocycles. The monoisotopic (exact) mass is 308 g/mol. The van der Waals surface area contributed by atoms with Crippen LogP contribution in [0.25, 0.3) is 0 Å². The van der Waals surface area contributed by atoms with Crippen molar-refractivity contribution in [3.8, 4) is 5.75 Å². The van der Waals surface area contributed by atoms with Gasteiger partial charge in [0.15, 0.2) is 5.69 Å². The Labute approximate surface area is 126 Å². The molecule has 0 spiro atoms. The van der Waals surface area contributed by atoms with E-state index in [9.17, 15) is 9.18 Å². The lowest BCUT2D eigenvalue weighted by atomic mass is 10.3. The molecular weight excluding hydrogens is 295 g/mol. The van der Waals surface area contributed by atoms with Gasteiger partial charge in [0.1, 0.15) is 17.4 Å². The summed E-state index contributed by atoms with van der Waals surface area (Å²) >= 11 is 5.57. The lowest BCUT2D eigenvalue weighted by Crippen LogP contribution is -2.15. The Morgan fingerprint density at radius 3 is 2.76 bits per heavy atom. The number of anilines is 1. The largest absolute Gasteiger partial charge is 0.422 e. The van der Waals surface area contributed by atoms with Gasteiger partial charge in [-0.15, -0.1) is 0 Å². The molecule has 6 heteroatoms. The maximum Gasteiger partial charge on any atom is 0.362 e. The molecule has 0 aliphatic heterocycles. The minimum Gasteiger partial charge on any atom is -0.422 e. The Morgan fingerprint density at radius 2 is 2.10 bits per heavy atom. The number of halogens is 2. The van der Waals surface area contributed by atoms with Crippen LogP contribution in [-0.4, -0.2) is 17.0 Å². The fourth-order valence-corrected chi connectivity index (χ4v) is 1.74. The summed E-state index contributed by atoms with van der Waals surface area (Å²) in [6.07, 6.45) is 0. The van der Waals surface area contributed by atoms with Crippen LogP contribution in [0.2, 0.25) is 5.02 Å². The van der Waals surface area contributed by atoms with Gasteiger partial charge >= 0.3 is 5.97 Å². The minimum absolute atomic E-state index is 0.0314. The highest BCUT2D eigenvalue weighted by molar-refractivity contribution is 6.30. The van der Waals surface area contributed by atoms with E-state index in [-0.39, 0.29) is 22.5 Å². The maximum atomic E-state index is 13.3. The second-order valence-corrected chi connectivity index (χ2v) is 5.08. The zero-order valence-corrected chi connectivity index (χ0v) is 12.3. The van der Waals surface area contributed by atoms with Crippen LogP contribution in [0.3, 0.4) is 0 Å². The van der Waals surface area contributed by atoms with Crippen molar-refractivity contribution in [1.29, 1.82) is 0 Å². The van der Waals surface area contributed by atoms with Gasteiger partial charge in [-0.3, -0.25) is 0 Å². The first kappa shape index (κ1) is 15.3. The van der Waals surface area contributed by atoms with Crippen LogP contribution in [0, 0.1) is 5.82 Å². The summed E-state index contributed by atoms with van der Waals surface area (Å²) in [6, 6.07) is 8.95. The van der Waals surface area contributed by atoms with Crippen molar-refractivity contribution >= 4 is 23.4 Å². The molecule has 2 rings (SSSR count). The number of pyridine rings is 1. The Kier molecular flexibility index (Phi) is 4.75. The standard InChI is InChI=1S/C15H14ClFN2O2/c1-9(2)18-14-5-3-4-13(19-14)15(20)21-10-6-7-11(16)12(17)8-10/h3-9H,1-2H3,(H,18,19). The van der Waals surface area contributed by atoms with Gasteiger partial charge in [-0.2, -0.15) is 0 Å². The normalized spacial score (nSPS) is 10.5. The summed E-state index contributed by atoms with van der Waals surface area (Å²) in [5.41, 5.74) is 0.135. The highest BCUT2D eigenvalue weighted by Gasteiger charge is 2.12. The Morgan fingerprint density at radius 1 is 1.33 bits per heavy atom. The Bertz CT molecular complexity index is 662. The second kappa shape index (κ2) is 6.54. The first-order chi connectivity index (χ1) is 9.95. The van der Waals surface area contributed by atoms with Gasteiger partial charge in [0.05, 0.1) is 5.02 Å². The molecule has 0 amide bonds. The van der Waals surface area contributed by atoms with Crippen molar-refractivity contribution in [2.45, 2.75) is 19.9 Å². The van der Waals surface area contributed by atoms with E-state index >= 15 is 0 Å². The van der Waals surface area contributed by atoms with Crippen LogP contribution in [0.4, 0.5) is 10.2 Å². The number of nitrogens with one attached hydrogen (secondary N) is 1. The van der Waals surface area contributed by atoms with E-state index in [1.54, 1.807) is 12.1 Å². The molecule has 21 heavy (non-hydrogen) atoms. The molecule has 2 aromatic rings. The number of nitrogens with zero attached hydrogens (tertiary/aromatic N) is 1. The number of ether oxygens (including phenoxy) is 1. The second-order valence-electron chi connectivity index (χ2n) is 4.67. The predicted octanol–water partition coefficient (Wildman–Crippen LogP) is 3.91. The highest BCUT2D eigenvalue weighted by Crippen LogP contribution is 2.21. The van der Waals surface area contributed by atoms with Crippen LogP contribution < -0.4 is 10.1 Å². The van der Waals surface area contributed by atoms with Crippen LogP contribution in [0.15, 0.2) is 36.4 Å². The average molecular weight is 309 g/mol. The zero-order chi connectivity index (χ0) is 15.4. The third kappa shape index (κ3) is 4.16. The van der Waals surface area contributed by atoms with Crippen molar-refractivity contribution in [2.24, 2.45) is 0 Å². The molecule has 0 radical (unpaired) electrons. The molecule has 110 valence electrons. The van der Waals surface area contributed by atoms with Crippen molar-refractivity contribution in [2.75, 3.05) is 5.32 Å². The molecule has 0 unspecified atom stereocenters. The number of hydrogen-bond acceptors (Lipinski definition) is 4. The van der Waals surface area contributed by atoms with Crippen LogP contribution in [0.5, 0.6) is 5.75 Å². The van der Waals surface area contributed by atoms with Crippen LogP contribution >= 0.6 is 11.6 Å². The van der Waals surface area contributed by atoms with E-state index in [1.165, 1.54) is 18.2 Å². The van der Waals surface area contributed by atoms with Gasteiger partial charge in [0, 0.05) is 12.1 Å². The van der Waals surface area contributed by atoms with Gasteiger partial charge in [-0.1, -0.05) is 17.7 Å². The molecule has 0 atom stereocenters. The van der Waals surface area contributed by atoms with Crippen LogP contribution in [0.1, 0.15) is 24.3 Å². The third-order valence-corrected chi connectivity index (χ3v) is 2.80. The van der Waals surface area contributed by atoms with E-state index in [2.05, 4.69) is 10.3 Å². The number of carbonyl (C=O) groups is 1. The summed E-state index contributed by atoms with van der Waals surface area (Å²) in [6.45, 7) is 3.92. The lowest BCUT2D eigenvalue weighted by Gasteiger charge is -2.10. The van der Waals surface area contributed by atoms with Crippen molar-refractivity contribution in [3.05, 3.63) is 52.9 Å². The number of rotatable bonds is 4. The van der Waals surface area contributed by atoms with Gasteiger partial charge < -0.3 is 10.1 Å². The average Bonchev–Trinajstić information content (AvgIpc) is 2.42. The smallest absolute Gasteiger partial charge is 0.362 e. The Balaban J connectivity index is 2.14. The molecule has 1 aromatic carbocycles. The molecule has 1 aromatic heterocycles. The number of benzene rings is 1. The van der Waals surface area contributed by atoms with Crippen molar-refractivity contribution in [1.82, 2.24) is 4.98 Å². The number of esters is 1. The zero-order valence-electron chi connectivity index (χ0n) is 11.6. The van der Waals surface area contributed by atoms with E-state index in [1.807, 2.05) is 13.8 Å². The van der Waals surface area contributed by atoms with E-state index < -0.39 is 11.8 Å². The summed E-state index contributed by atoms with van der Waals surface area (Å²) in [5.74, 6) is -0.665. The molecule has 1 N–H and O–H groups in total. The maximum absolute atomic E-state index is 13.3. The lowest BCUT2D eigenvalue weighted by molar-refractivity contribution is 0.0728. The van der Waals surface area contributed by atoms with Gasteiger partial charge in [0.25, 0.3) is 0 Å². The third-order valence-electron chi connectivity index (χ3n) is 2.50. The molecule has 0 bridgehead atoms. The number of aromatic nitrogens is 1. The molecule has 0 aliphatic carbocycles. The molecule has 4 nitrogen and oxygen atoms in total. The molecular formula is C15H14ClFN2O2. The van der Waals surface area contributed by atoms with Gasteiger partial charge in [-0.05, 0) is 38.1 Å². The van der Waals surface area contributed by atoms with Crippen LogP contribution in [-0.2, 0) is 0 Å². The van der Waals surface area contributed by atoms with E-state index in [0.717, 1.165) is 6.07 Å².